The van der Waals surface area contributed by atoms with Crippen LogP contribution in [-0.4, -0.2) is 25.5 Å². The van der Waals surface area contributed by atoms with Gasteiger partial charge < -0.3 is 4.74 Å². The Balaban J connectivity index is 2.46. The maximum Gasteiger partial charge on any atom is 0.353 e. The van der Waals surface area contributed by atoms with E-state index in [0.29, 0.717) is 18.2 Å². The third kappa shape index (κ3) is 3.86. The summed E-state index contributed by atoms with van der Waals surface area (Å²) < 4.78 is 5.45. The number of aliphatic imine (C=N–C) groups is 1. The van der Waals surface area contributed by atoms with Crippen molar-refractivity contribution in [2.24, 2.45) is 10.9 Å². The molecule has 1 heterocycles. The summed E-state index contributed by atoms with van der Waals surface area (Å²) in [5, 5.41) is 0. The molecule has 0 fully saturated rings. The molecular weight excluding hydrogens is 290 g/mol. The van der Waals surface area contributed by atoms with Gasteiger partial charge in [-0.1, -0.05) is 57.6 Å². The molecule has 116 valence electrons. The molecule has 0 saturated heterocycles. The molecule has 22 heavy (non-hydrogen) atoms. The predicted octanol–water partition coefficient (Wildman–Crippen LogP) is 3.66. The summed E-state index contributed by atoms with van der Waals surface area (Å²) in [6, 6.07) is 9.52. The lowest BCUT2D eigenvalue weighted by molar-refractivity contribution is -0.137. The van der Waals surface area contributed by atoms with E-state index in [-0.39, 0.29) is 5.97 Å². The Labute approximate surface area is 133 Å². The number of esters is 1. The molecule has 0 bridgehead atoms. The summed E-state index contributed by atoms with van der Waals surface area (Å²) in [4.78, 5) is 17.1. The topological polar surface area (TPSA) is 38.7 Å². The Kier molecular flexibility index (Phi) is 4.57. The Bertz CT molecular complexity index is 647. The van der Waals surface area contributed by atoms with E-state index < -0.39 is 13.6 Å². The summed E-state index contributed by atoms with van der Waals surface area (Å²) >= 11 is 0. The first kappa shape index (κ1) is 16.5. The highest BCUT2D eigenvalue weighted by Crippen LogP contribution is 2.29. The molecule has 0 spiro atoms. The van der Waals surface area contributed by atoms with Crippen LogP contribution in [0.15, 0.2) is 35.3 Å². The quantitative estimate of drug-likeness (QED) is 0.485. The lowest BCUT2D eigenvalue weighted by Crippen LogP contribution is -2.35. The van der Waals surface area contributed by atoms with Crippen LogP contribution in [0.4, 0.5) is 0 Å². The normalized spacial score (nSPS) is 21.2. The van der Waals surface area contributed by atoms with Crippen LogP contribution in [0.3, 0.4) is 0 Å². The zero-order chi connectivity index (χ0) is 16.4. The zero-order valence-corrected chi connectivity index (χ0v) is 14.9. The predicted molar refractivity (Wildman–Crippen MR) is 92.4 cm³/mol. The van der Waals surface area contributed by atoms with E-state index in [2.05, 4.69) is 49.9 Å². The summed E-state index contributed by atoms with van der Waals surface area (Å²) in [6.07, 6.45) is 0.583. The monoisotopic (exact) mass is 313 g/mol. The Morgan fingerprint density at radius 3 is 2.41 bits per heavy atom. The molecule has 0 aromatic heterocycles. The number of nitrogens with zero attached hydrogens (tertiary/aromatic N) is 1. The van der Waals surface area contributed by atoms with Crippen molar-refractivity contribution in [3.63, 3.8) is 0 Å². The van der Waals surface area contributed by atoms with Crippen molar-refractivity contribution in [3.05, 3.63) is 35.9 Å². The molecular formula is C18H23NO2Si. The third-order valence-electron chi connectivity index (χ3n) is 3.19. The molecule has 1 aliphatic rings. The fraction of sp³-hybridized carbons (Fsp3) is 0.444. The number of hydrogen-bond acceptors (Lipinski definition) is 3. The van der Waals surface area contributed by atoms with Gasteiger partial charge in [-0.05, 0) is 24.5 Å². The number of carbonyl (C=O) groups excluding carboxylic acids is 1. The molecule has 1 aliphatic heterocycles. The third-order valence-corrected chi connectivity index (χ3v) is 4.06. The molecule has 0 amide bonds. The van der Waals surface area contributed by atoms with Gasteiger partial charge in [0.05, 0.1) is 0 Å². The summed E-state index contributed by atoms with van der Waals surface area (Å²) in [5.41, 5.74) is 3.07. The average molecular weight is 313 g/mol. The summed E-state index contributed by atoms with van der Waals surface area (Å²) in [7, 11) is -1.59. The Morgan fingerprint density at radius 1 is 1.23 bits per heavy atom. The molecule has 1 atom stereocenters. The van der Waals surface area contributed by atoms with Crippen molar-refractivity contribution >= 4 is 19.9 Å². The van der Waals surface area contributed by atoms with Gasteiger partial charge in [0.15, 0.2) is 0 Å². The minimum Gasteiger partial charge on any atom is -0.405 e. The molecule has 1 aromatic rings. The second kappa shape index (κ2) is 6.10. The smallest absolute Gasteiger partial charge is 0.353 e. The van der Waals surface area contributed by atoms with E-state index >= 15 is 0 Å². The van der Waals surface area contributed by atoms with Crippen molar-refractivity contribution in [1.82, 2.24) is 0 Å². The standard InChI is InChI=1S/C18H23NO2Si/c1-14(2)13-18(11-12-22(3,4)5)17(20)21-16(19-18)15-9-7-6-8-10-15/h6-10,14H,13H2,1-5H3. The van der Waals surface area contributed by atoms with Crippen LogP contribution in [0.5, 0.6) is 0 Å². The molecule has 0 saturated carbocycles. The number of hydrogen-bond donors (Lipinski definition) is 0. The maximum atomic E-state index is 12.5. The number of carbonyl (C=O) groups is 1. The van der Waals surface area contributed by atoms with E-state index in [1.165, 1.54) is 0 Å². The van der Waals surface area contributed by atoms with Crippen LogP contribution in [-0.2, 0) is 9.53 Å². The van der Waals surface area contributed by atoms with Gasteiger partial charge in [-0.25, -0.2) is 9.79 Å². The highest BCUT2D eigenvalue weighted by Gasteiger charge is 2.45. The maximum absolute atomic E-state index is 12.5. The lowest BCUT2D eigenvalue weighted by Gasteiger charge is -2.18. The molecule has 1 aromatic carbocycles. The zero-order valence-electron chi connectivity index (χ0n) is 13.9. The number of benzene rings is 1. The second-order valence-electron chi connectivity index (χ2n) is 7.13. The molecule has 2 rings (SSSR count). The van der Waals surface area contributed by atoms with E-state index in [4.69, 9.17) is 4.74 Å². The van der Waals surface area contributed by atoms with Crippen LogP contribution >= 0.6 is 0 Å². The molecule has 4 heteroatoms. The first-order valence-electron chi connectivity index (χ1n) is 7.64. The van der Waals surface area contributed by atoms with Crippen molar-refractivity contribution < 1.29 is 9.53 Å². The van der Waals surface area contributed by atoms with Crippen molar-refractivity contribution in [2.45, 2.75) is 45.4 Å². The van der Waals surface area contributed by atoms with Crippen LogP contribution in [0.2, 0.25) is 19.6 Å². The second-order valence-corrected chi connectivity index (χ2v) is 11.9. The highest BCUT2D eigenvalue weighted by atomic mass is 28.3. The van der Waals surface area contributed by atoms with Gasteiger partial charge in [0.25, 0.3) is 0 Å². The van der Waals surface area contributed by atoms with Crippen LogP contribution < -0.4 is 0 Å². The Morgan fingerprint density at radius 2 is 1.86 bits per heavy atom. The number of cyclic esters (lactones) is 1. The van der Waals surface area contributed by atoms with E-state index in [1.54, 1.807) is 0 Å². The number of ether oxygens (including phenoxy) is 1. The van der Waals surface area contributed by atoms with E-state index in [0.717, 1.165) is 5.56 Å². The van der Waals surface area contributed by atoms with Gasteiger partial charge >= 0.3 is 5.97 Å². The molecule has 0 aliphatic carbocycles. The fourth-order valence-electron chi connectivity index (χ4n) is 2.26. The van der Waals surface area contributed by atoms with Gasteiger partial charge in [0.2, 0.25) is 11.4 Å². The molecule has 0 radical (unpaired) electrons. The van der Waals surface area contributed by atoms with Gasteiger partial charge in [-0.3, -0.25) is 0 Å². The van der Waals surface area contributed by atoms with Crippen LogP contribution in [0.25, 0.3) is 0 Å². The first-order valence-corrected chi connectivity index (χ1v) is 11.1. The Hall–Kier alpha value is -1.86. The minimum absolute atomic E-state index is 0.308. The van der Waals surface area contributed by atoms with Crippen LogP contribution in [0, 0.1) is 17.4 Å². The summed E-state index contributed by atoms with van der Waals surface area (Å²) in [6.45, 7) is 10.6. The highest BCUT2D eigenvalue weighted by molar-refractivity contribution is 6.83. The average Bonchev–Trinajstić information content (AvgIpc) is 2.74. The number of rotatable bonds is 3. The largest absolute Gasteiger partial charge is 0.405 e. The van der Waals surface area contributed by atoms with Gasteiger partial charge in [0, 0.05) is 5.56 Å². The fourth-order valence-corrected chi connectivity index (χ4v) is 2.84. The van der Waals surface area contributed by atoms with E-state index in [1.807, 2.05) is 30.3 Å². The first-order chi connectivity index (χ1) is 10.2. The van der Waals surface area contributed by atoms with Crippen molar-refractivity contribution in [3.8, 4) is 11.5 Å². The van der Waals surface area contributed by atoms with Crippen molar-refractivity contribution in [1.29, 1.82) is 0 Å². The van der Waals surface area contributed by atoms with Gasteiger partial charge in [-0.15, -0.1) is 5.54 Å². The van der Waals surface area contributed by atoms with Crippen molar-refractivity contribution in [2.75, 3.05) is 0 Å². The van der Waals surface area contributed by atoms with Gasteiger partial charge in [0.1, 0.15) is 8.07 Å². The SMILES string of the molecule is CC(C)CC1(C#C[Si](C)(C)C)N=C(c2ccccc2)OC1=O. The van der Waals surface area contributed by atoms with Gasteiger partial charge in [-0.2, -0.15) is 0 Å². The van der Waals surface area contributed by atoms with E-state index in [9.17, 15) is 4.79 Å². The molecule has 3 nitrogen and oxygen atoms in total. The summed E-state index contributed by atoms with van der Waals surface area (Å²) in [5.74, 6) is 3.52. The lowest BCUT2D eigenvalue weighted by atomic mass is 9.91. The molecule has 1 unspecified atom stereocenters. The van der Waals surface area contributed by atoms with Crippen LogP contribution in [0.1, 0.15) is 25.8 Å². The molecule has 0 N–H and O–H groups in total. The minimum atomic E-state index is -1.59.